The molecule has 0 fully saturated rings. The van der Waals surface area contributed by atoms with Crippen molar-refractivity contribution < 1.29 is 4.39 Å². The second kappa shape index (κ2) is 6.77. The predicted molar refractivity (Wildman–Crippen MR) is 83.4 cm³/mol. The normalized spacial score (nSPS) is 12.4. The molecular weight excluding hydrogens is 320 g/mol. The summed E-state index contributed by atoms with van der Waals surface area (Å²) in [4.78, 5) is 0. The van der Waals surface area contributed by atoms with Crippen molar-refractivity contribution in [1.82, 2.24) is 5.32 Å². The molecule has 20 heavy (non-hydrogen) atoms. The fraction of sp³-hybridized carbons (Fsp3) is 0.200. The molecule has 0 aliphatic heterocycles. The maximum Gasteiger partial charge on any atom is 0.124 e. The molecule has 0 bridgehead atoms. The molecule has 0 aliphatic carbocycles. The van der Waals surface area contributed by atoms with E-state index in [1.54, 1.807) is 24.3 Å². The second-order valence-corrected chi connectivity index (χ2v) is 5.63. The van der Waals surface area contributed by atoms with E-state index >= 15 is 0 Å². The highest BCUT2D eigenvalue weighted by Crippen LogP contribution is 2.31. The Kier molecular flexibility index (Phi) is 5.28. The third kappa shape index (κ3) is 3.44. The minimum absolute atomic E-state index is 0.0968. The molecule has 1 N–H and O–H groups in total. The van der Waals surface area contributed by atoms with Gasteiger partial charge >= 0.3 is 0 Å². The van der Waals surface area contributed by atoms with E-state index in [9.17, 15) is 4.39 Å². The fourth-order valence-corrected chi connectivity index (χ4v) is 2.93. The van der Waals surface area contributed by atoms with Gasteiger partial charge in [0.25, 0.3) is 0 Å². The largest absolute Gasteiger partial charge is 0.313 e. The number of rotatable bonds is 4. The molecule has 2 aromatic rings. The van der Waals surface area contributed by atoms with Crippen LogP contribution in [0.5, 0.6) is 0 Å². The first-order valence-electron chi connectivity index (χ1n) is 6.08. The van der Waals surface area contributed by atoms with E-state index < -0.39 is 0 Å². The lowest BCUT2D eigenvalue weighted by molar-refractivity contribution is 0.586. The Morgan fingerprint density at radius 1 is 1.05 bits per heavy atom. The number of likely N-dealkylation sites (N-methyl/N-ethyl adjacent to an activating group) is 1. The SMILES string of the molecule is CNC(Cc1c(Cl)cccc1Cl)c1ccc(F)cc1Cl. The van der Waals surface area contributed by atoms with Gasteiger partial charge in [-0.3, -0.25) is 0 Å². The van der Waals surface area contributed by atoms with Crippen molar-refractivity contribution in [3.63, 3.8) is 0 Å². The Morgan fingerprint density at radius 3 is 2.25 bits per heavy atom. The summed E-state index contributed by atoms with van der Waals surface area (Å²) in [6.07, 6.45) is 0.570. The number of hydrogen-bond donors (Lipinski definition) is 1. The van der Waals surface area contributed by atoms with E-state index in [0.717, 1.165) is 11.1 Å². The molecule has 0 heterocycles. The number of halogens is 4. The van der Waals surface area contributed by atoms with Crippen molar-refractivity contribution in [2.45, 2.75) is 12.5 Å². The van der Waals surface area contributed by atoms with Gasteiger partial charge in [-0.25, -0.2) is 4.39 Å². The molecule has 0 spiro atoms. The summed E-state index contributed by atoms with van der Waals surface area (Å²) in [6.45, 7) is 0. The lowest BCUT2D eigenvalue weighted by atomic mass is 9.98. The van der Waals surface area contributed by atoms with Gasteiger partial charge in [-0.2, -0.15) is 0 Å². The standard InChI is InChI=1S/C15H13Cl3FN/c1-20-15(10-6-5-9(19)7-14(10)18)8-11-12(16)3-2-4-13(11)17/h2-7,15,20H,8H2,1H3. The van der Waals surface area contributed by atoms with Crippen molar-refractivity contribution in [3.05, 3.63) is 68.4 Å². The fourth-order valence-electron chi connectivity index (χ4n) is 2.08. The van der Waals surface area contributed by atoms with E-state index in [1.807, 2.05) is 7.05 Å². The highest BCUT2D eigenvalue weighted by Gasteiger charge is 2.17. The number of hydrogen-bond acceptors (Lipinski definition) is 1. The summed E-state index contributed by atoms with van der Waals surface area (Å²) in [5.41, 5.74) is 1.65. The summed E-state index contributed by atoms with van der Waals surface area (Å²) in [5.74, 6) is -0.357. The van der Waals surface area contributed by atoms with Gasteiger partial charge in [0.1, 0.15) is 5.82 Å². The molecule has 0 aromatic heterocycles. The summed E-state index contributed by atoms with van der Waals surface area (Å²) in [7, 11) is 1.81. The van der Waals surface area contributed by atoms with Gasteiger partial charge in [-0.05, 0) is 48.9 Å². The average molecular weight is 333 g/mol. The Bertz CT molecular complexity index is 596. The zero-order valence-corrected chi connectivity index (χ0v) is 13.0. The highest BCUT2D eigenvalue weighted by atomic mass is 35.5. The summed E-state index contributed by atoms with van der Waals surface area (Å²) in [5, 5.41) is 4.75. The average Bonchev–Trinajstić information content (AvgIpc) is 2.40. The van der Waals surface area contributed by atoms with Gasteiger partial charge in [0.2, 0.25) is 0 Å². The molecule has 0 radical (unpaired) electrons. The molecule has 106 valence electrons. The zero-order valence-electron chi connectivity index (χ0n) is 10.8. The Balaban J connectivity index is 2.34. The van der Waals surface area contributed by atoms with Gasteiger partial charge in [0, 0.05) is 21.1 Å². The molecule has 0 amide bonds. The third-order valence-electron chi connectivity index (χ3n) is 3.16. The molecule has 2 aromatic carbocycles. The molecule has 0 saturated heterocycles. The molecule has 0 saturated carbocycles. The van der Waals surface area contributed by atoms with Crippen LogP contribution < -0.4 is 5.32 Å². The van der Waals surface area contributed by atoms with Crippen LogP contribution in [0.4, 0.5) is 4.39 Å². The van der Waals surface area contributed by atoms with Crippen LogP contribution in [0.15, 0.2) is 36.4 Å². The number of nitrogens with one attached hydrogen (secondary N) is 1. The first-order chi connectivity index (χ1) is 9.52. The Labute approximate surface area is 132 Å². The van der Waals surface area contributed by atoms with Gasteiger partial charge in [0.15, 0.2) is 0 Å². The van der Waals surface area contributed by atoms with Crippen LogP contribution in [0.3, 0.4) is 0 Å². The maximum absolute atomic E-state index is 13.1. The van der Waals surface area contributed by atoms with Crippen LogP contribution in [0.2, 0.25) is 15.1 Å². The van der Waals surface area contributed by atoms with E-state index in [2.05, 4.69) is 5.32 Å². The van der Waals surface area contributed by atoms with Gasteiger partial charge in [-0.15, -0.1) is 0 Å². The predicted octanol–water partition coefficient (Wildman–Crippen LogP) is 5.29. The lowest BCUT2D eigenvalue weighted by Gasteiger charge is -2.19. The first kappa shape index (κ1) is 15.6. The van der Waals surface area contributed by atoms with Crippen LogP contribution >= 0.6 is 34.8 Å². The zero-order chi connectivity index (χ0) is 14.7. The van der Waals surface area contributed by atoms with Crippen LogP contribution in [0.1, 0.15) is 17.2 Å². The maximum atomic E-state index is 13.1. The Morgan fingerprint density at radius 2 is 1.70 bits per heavy atom. The summed E-state index contributed by atoms with van der Waals surface area (Å²) < 4.78 is 13.1. The molecule has 5 heteroatoms. The van der Waals surface area contributed by atoms with Crippen molar-refractivity contribution in [1.29, 1.82) is 0 Å². The van der Waals surface area contributed by atoms with E-state index in [-0.39, 0.29) is 11.9 Å². The molecule has 1 unspecified atom stereocenters. The highest BCUT2D eigenvalue weighted by molar-refractivity contribution is 6.36. The van der Waals surface area contributed by atoms with Gasteiger partial charge in [-0.1, -0.05) is 46.9 Å². The van der Waals surface area contributed by atoms with Gasteiger partial charge < -0.3 is 5.32 Å². The van der Waals surface area contributed by atoms with Crippen LogP contribution in [0.25, 0.3) is 0 Å². The molecule has 2 rings (SSSR count). The van der Waals surface area contributed by atoms with E-state index in [4.69, 9.17) is 34.8 Å². The molecule has 1 nitrogen and oxygen atoms in total. The minimum Gasteiger partial charge on any atom is -0.313 e. The van der Waals surface area contributed by atoms with Crippen molar-refractivity contribution in [3.8, 4) is 0 Å². The molecule has 1 atom stereocenters. The summed E-state index contributed by atoms with van der Waals surface area (Å²) >= 11 is 18.5. The van der Waals surface area contributed by atoms with Crippen LogP contribution in [-0.2, 0) is 6.42 Å². The third-order valence-corrected chi connectivity index (χ3v) is 4.19. The first-order valence-corrected chi connectivity index (χ1v) is 7.21. The second-order valence-electron chi connectivity index (χ2n) is 4.41. The van der Waals surface area contributed by atoms with E-state index in [0.29, 0.717) is 21.5 Å². The Hall–Kier alpha value is -0.800. The lowest BCUT2D eigenvalue weighted by Crippen LogP contribution is -2.19. The molecule has 0 aliphatic rings. The van der Waals surface area contributed by atoms with Crippen LogP contribution in [0, 0.1) is 5.82 Å². The minimum atomic E-state index is -0.357. The monoisotopic (exact) mass is 331 g/mol. The van der Waals surface area contributed by atoms with Crippen LogP contribution in [-0.4, -0.2) is 7.05 Å². The summed E-state index contributed by atoms with van der Waals surface area (Å²) in [6, 6.07) is 9.65. The smallest absolute Gasteiger partial charge is 0.124 e. The van der Waals surface area contributed by atoms with Crippen molar-refractivity contribution in [2.75, 3.05) is 7.05 Å². The van der Waals surface area contributed by atoms with Crippen molar-refractivity contribution in [2.24, 2.45) is 0 Å². The quantitative estimate of drug-likeness (QED) is 0.802. The van der Waals surface area contributed by atoms with Crippen molar-refractivity contribution >= 4 is 34.8 Å². The van der Waals surface area contributed by atoms with Gasteiger partial charge in [0.05, 0.1) is 0 Å². The molecular formula is C15H13Cl3FN. The topological polar surface area (TPSA) is 12.0 Å². The van der Waals surface area contributed by atoms with E-state index in [1.165, 1.54) is 12.1 Å². The number of benzene rings is 2.